The molecular formula is C20H14N4O4S. The maximum atomic E-state index is 12.5. The number of para-hydroxylation sites is 1. The van der Waals surface area contributed by atoms with Gasteiger partial charge < -0.3 is 4.42 Å². The van der Waals surface area contributed by atoms with Crippen molar-refractivity contribution < 1.29 is 14.1 Å². The Bertz CT molecular complexity index is 1150. The topological polar surface area (TPSA) is 102 Å². The lowest BCUT2D eigenvalue weighted by Crippen LogP contribution is -2.23. The zero-order valence-electron chi connectivity index (χ0n) is 15.2. The first-order valence-electron chi connectivity index (χ1n) is 8.54. The average molecular weight is 406 g/mol. The van der Waals surface area contributed by atoms with Crippen molar-refractivity contribution in [3.63, 3.8) is 0 Å². The van der Waals surface area contributed by atoms with Gasteiger partial charge in [-0.05, 0) is 42.1 Å². The summed E-state index contributed by atoms with van der Waals surface area (Å²) in [6.45, 7) is 0. The summed E-state index contributed by atoms with van der Waals surface area (Å²) in [5.74, 6) is 1.07. The summed E-state index contributed by atoms with van der Waals surface area (Å²) >= 11 is 1.21. The number of rotatable bonds is 4. The number of likely N-dealkylation sites (N-methyl/N-ethyl adjacent to an activating group) is 1. The molecule has 0 N–H and O–H groups in total. The van der Waals surface area contributed by atoms with E-state index in [1.807, 2.05) is 6.07 Å². The summed E-state index contributed by atoms with van der Waals surface area (Å²) in [5.41, 5.74) is 0.332. The van der Waals surface area contributed by atoms with E-state index in [0.29, 0.717) is 33.0 Å². The van der Waals surface area contributed by atoms with Crippen LogP contribution in [0.2, 0.25) is 0 Å². The molecule has 144 valence electrons. The van der Waals surface area contributed by atoms with Crippen molar-refractivity contribution in [3.05, 3.63) is 81.6 Å². The standard InChI is InChI=1S/C20H14N4O4S/c1-23-19(25)17(29-20(23)22-18-8-4-5-11-21-18)12-13-9-10-16(28-13)14-6-2-3-7-15(14)24(26)27/h2-12H,1H3/b17-12+,22-20+. The predicted octanol–water partition coefficient (Wildman–Crippen LogP) is 4.48. The molecule has 0 atom stereocenters. The van der Waals surface area contributed by atoms with Gasteiger partial charge in [0, 0.05) is 25.4 Å². The Morgan fingerprint density at radius 3 is 2.72 bits per heavy atom. The van der Waals surface area contributed by atoms with Crippen molar-refractivity contribution in [2.45, 2.75) is 0 Å². The number of amides is 1. The van der Waals surface area contributed by atoms with E-state index >= 15 is 0 Å². The number of nitro groups is 1. The molecule has 3 heterocycles. The van der Waals surface area contributed by atoms with Crippen molar-refractivity contribution in [1.82, 2.24) is 9.88 Å². The molecule has 0 bridgehead atoms. The second kappa shape index (κ2) is 7.72. The molecule has 0 radical (unpaired) electrons. The summed E-state index contributed by atoms with van der Waals surface area (Å²) in [6, 6.07) is 15.0. The first-order valence-corrected chi connectivity index (χ1v) is 9.35. The van der Waals surface area contributed by atoms with Gasteiger partial charge in [-0.25, -0.2) is 9.98 Å². The van der Waals surface area contributed by atoms with Gasteiger partial charge in [0.05, 0.1) is 15.4 Å². The summed E-state index contributed by atoms with van der Waals surface area (Å²) in [6.07, 6.45) is 3.23. The third-order valence-corrected chi connectivity index (χ3v) is 5.19. The number of hydrogen-bond acceptors (Lipinski definition) is 7. The molecule has 9 heteroatoms. The molecule has 0 saturated carbocycles. The fourth-order valence-electron chi connectivity index (χ4n) is 2.72. The van der Waals surface area contributed by atoms with Gasteiger partial charge in [-0.2, -0.15) is 0 Å². The number of aliphatic imine (C=N–C) groups is 1. The number of furan rings is 1. The van der Waals surface area contributed by atoms with Crippen molar-refractivity contribution in [1.29, 1.82) is 0 Å². The van der Waals surface area contributed by atoms with Gasteiger partial charge in [-0.1, -0.05) is 18.2 Å². The molecule has 1 amide bonds. The molecule has 8 nitrogen and oxygen atoms in total. The second-order valence-electron chi connectivity index (χ2n) is 6.03. The summed E-state index contributed by atoms with van der Waals surface area (Å²) in [5, 5.41) is 11.7. The molecule has 1 aliphatic heterocycles. The maximum Gasteiger partial charge on any atom is 0.280 e. The van der Waals surface area contributed by atoms with Gasteiger partial charge in [-0.15, -0.1) is 0 Å². The van der Waals surface area contributed by atoms with Crippen molar-refractivity contribution in [3.8, 4) is 11.3 Å². The Balaban J connectivity index is 1.62. The molecule has 0 unspecified atom stereocenters. The molecule has 2 aromatic heterocycles. The minimum atomic E-state index is -0.457. The van der Waals surface area contributed by atoms with E-state index in [9.17, 15) is 14.9 Å². The van der Waals surface area contributed by atoms with Crippen LogP contribution in [0, 0.1) is 10.1 Å². The molecule has 1 saturated heterocycles. The molecule has 3 aromatic rings. The SMILES string of the molecule is CN1C(=O)/C(=C\c2ccc(-c3ccccc3[N+](=O)[O-])o2)S/C1=N/c1ccccn1. The number of amidine groups is 1. The zero-order chi connectivity index (χ0) is 20.4. The zero-order valence-corrected chi connectivity index (χ0v) is 16.0. The van der Waals surface area contributed by atoms with Gasteiger partial charge in [0.1, 0.15) is 11.5 Å². The molecule has 29 heavy (non-hydrogen) atoms. The van der Waals surface area contributed by atoms with Crippen molar-refractivity contribution in [2.24, 2.45) is 4.99 Å². The molecular weight excluding hydrogens is 392 g/mol. The van der Waals surface area contributed by atoms with Crippen LogP contribution >= 0.6 is 11.8 Å². The van der Waals surface area contributed by atoms with Crippen molar-refractivity contribution >= 4 is 40.4 Å². The minimum Gasteiger partial charge on any atom is -0.456 e. The van der Waals surface area contributed by atoms with Gasteiger partial charge in [-0.3, -0.25) is 19.8 Å². The number of carbonyl (C=O) groups excluding carboxylic acids is 1. The number of pyridine rings is 1. The highest BCUT2D eigenvalue weighted by Crippen LogP contribution is 2.35. The monoisotopic (exact) mass is 406 g/mol. The van der Waals surface area contributed by atoms with E-state index in [0.717, 1.165) is 0 Å². The number of benzene rings is 1. The molecule has 4 rings (SSSR count). The first-order chi connectivity index (χ1) is 14.0. The number of aromatic nitrogens is 1. The van der Waals surface area contributed by atoms with Gasteiger partial charge in [0.15, 0.2) is 11.0 Å². The number of thioether (sulfide) groups is 1. The van der Waals surface area contributed by atoms with E-state index in [1.54, 1.807) is 61.8 Å². The summed E-state index contributed by atoms with van der Waals surface area (Å²) in [4.78, 5) is 33.7. The Hall–Kier alpha value is -3.72. The van der Waals surface area contributed by atoms with Gasteiger partial charge in [0.25, 0.3) is 11.6 Å². The fraction of sp³-hybridized carbons (Fsp3) is 0.0500. The number of hydrogen-bond donors (Lipinski definition) is 0. The minimum absolute atomic E-state index is 0.0446. The normalized spacial score (nSPS) is 16.7. The van der Waals surface area contributed by atoms with Crippen LogP contribution in [0.3, 0.4) is 0 Å². The van der Waals surface area contributed by atoms with Crippen LogP contribution in [0.1, 0.15) is 5.76 Å². The van der Waals surface area contributed by atoms with E-state index in [1.165, 1.54) is 22.7 Å². The smallest absolute Gasteiger partial charge is 0.280 e. The first kappa shape index (κ1) is 18.6. The molecule has 0 aliphatic carbocycles. The highest BCUT2D eigenvalue weighted by molar-refractivity contribution is 8.18. The molecule has 1 aromatic carbocycles. The number of nitrogens with zero attached hydrogens (tertiary/aromatic N) is 4. The number of nitro benzene ring substituents is 1. The second-order valence-corrected chi connectivity index (χ2v) is 7.04. The van der Waals surface area contributed by atoms with E-state index in [2.05, 4.69) is 9.98 Å². The summed E-state index contributed by atoms with van der Waals surface area (Å²) in [7, 11) is 1.64. The van der Waals surface area contributed by atoms with Crippen LogP contribution in [0.5, 0.6) is 0 Å². The summed E-state index contributed by atoms with van der Waals surface area (Å²) < 4.78 is 5.74. The Morgan fingerprint density at radius 2 is 1.97 bits per heavy atom. The highest BCUT2D eigenvalue weighted by Gasteiger charge is 2.31. The van der Waals surface area contributed by atoms with E-state index < -0.39 is 4.92 Å². The van der Waals surface area contributed by atoms with Crippen LogP contribution in [-0.4, -0.2) is 32.9 Å². The van der Waals surface area contributed by atoms with Crippen LogP contribution < -0.4 is 0 Å². The maximum absolute atomic E-state index is 12.5. The van der Waals surface area contributed by atoms with Crippen LogP contribution in [0.4, 0.5) is 11.5 Å². The Labute approximate surface area is 169 Å². The largest absolute Gasteiger partial charge is 0.456 e. The Morgan fingerprint density at radius 1 is 1.17 bits per heavy atom. The average Bonchev–Trinajstić information content (AvgIpc) is 3.30. The van der Waals surface area contributed by atoms with E-state index in [-0.39, 0.29) is 11.6 Å². The molecule has 1 aliphatic rings. The van der Waals surface area contributed by atoms with Crippen LogP contribution in [0.25, 0.3) is 17.4 Å². The lowest BCUT2D eigenvalue weighted by atomic mass is 10.1. The van der Waals surface area contributed by atoms with Crippen LogP contribution in [0.15, 0.2) is 75.1 Å². The van der Waals surface area contributed by atoms with Crippen LogP contribution in [-0.2, 0) is 4.79 Å². The quantitative estimate of drug-likeness (QED) is 0.359. The van der Waals surface area contributed by atoms with Gasteiger partial charge in [0.2, 0.25) is 0 Å². The lowest BCUT2D eigenvalue weighted by molar-refractivity contribution is -0.384. The fourth-order valence-corrected chi connectivity index (χ4v) is 3.67. The lowest BCUT2D eigenvalue weighted by Gasteiger charge is -2.06. The third kappa shape index (κ3) is 3.81. The highest BCUT2D eigenvalue weighted by atomic mass is 32.2. The Kier molecular flexibility index (Phi) is 4.96. The number of carbonyl (C=O) groups is 1. The predicted molar refractivity (Wildman–Crippen MR) is 110 cm³/mol. The molecule has 0 spiro atoms. The van der Waals surface area contributed by atoms with Gasteiger partial charge >= 0.3 is 0 Å². The molecule has 1 fully saturated rings. The van der Waals surface area contributed by atoms with E-state index in [4.69, 9.17) is 4.42 Å². The van der Waals surface area contributed by atoms with Crippen molar-refractivity contribution in [2.75, 3.05) is 7.05 Å². The third-order valence-electron chi connectivity index (χ3n) is 4.13.